The van der Waals surface area contributed by atoms with Crippen molar-refractivity contribution in [3.8, 4) is 6.07 Å². The summed E-state index contributed by atoms with van der Waals surface area (Å²) in [6, 6.07) is 9.22. The second-order valence-corrected chi connectivity index (χ2v) is 2.81. The summed E-state index contributed by atoms with van der Waals surface area (Å²) in [5.74, 6) is -1.07. The molecule has 13 heavy (non-hydrogen) atoms. The van der Waals surface area contributed by atoms with Crippen LogP contribution in [0.4, 0.5) is 4.39 Å². The van der Waals surface area contributed by atoms with Crippen molar-refractivity contribution >= 4 is 5.78 Å². The average molecular weight is 177 g/mol. The van der Waals surface area contributed by atoms with Gasteiger partial charge in [-0.15, -0.1) is 0 Å². The molecule has 0 amide bonds. The lowest BCUT2D eigenvalue weighted by atomic mass is 9.94. The summed E-state index contributed by atoms with van der Waals surface area (Å²) < 4.78 is 13.6. The van der Waals surface area contributed by atoms with Gasteiger partial charge in [0.1, 0.15) is 6.07 Å². The molecule has 1 aromatic carbocycles. The number of carbonyl (C=O) groups excluding carboxylic acids is 1. The second-order valence-electron chi connectivity index (χ2n) is 2.81. The maximum absolute atomic E-state index is 13.6. The van der Waals surface area contributed by atoms with Gasteiger partial charge in [-0.2, -0.15) is 5.26 Å². The summed E-state index contributed by atoms with van der Waals surface area (Å²) >= 11 is 0. The SMILES string of the molecule is CC(F)(C(=O)C#N)c1ccccc1. The lowest BCUT2D eigenvalue weighted by molar-refractivity contribution is -0.124. The molecule has 0 saturated heterocycles. The molecule has 0 aliphatic rings. The molecule has 1 rings (SSSR count). The number of ketones is 1. The van der Waals surface area contributed by atoms with E-state index in [0.717, 1.165) is 6.92 Å². The minimum Gasteiger partial charge on any atom is -0.279 e. The molecule has 3 heteroatoms. The Bertz CT molecular complexity index is 351. The molecular formula is C10H8FNO. The second kappa shape index (κ2) is 3.36. The maximum Gasteiger partial charge on any atom is 0.273 e. The number of rotatable bonds is 2. The van der Waals surface area contributed by atoms with Crippen LogP contribution in [-0.4, -0.2) is 5.78 Å². The summed E-state index contributed by atoms with van der Waals surface area (Å²) in [6.45, 7) is 1.09. The number of benzene rings is 1. The van der Waals surface area contributed by atoms with Crippen molar-refractivity contribution in [2.24, 2.45) is 0 Å². The van der Waals surface area contributed by atoms with E-state index >= 15 is 0 Å². The topological polar surface area (TPSA) is 40.9 Å². The highest BCUT2D eigenvalue weighted by atomic mass is 19.1. The first kappa shape index (κ1) is 9.40. The van der Waals surface area contributed by atoms with Gasteiger partial charge in [-0.3, -0.25) is 4.79 Å². The fraction of sp³-hybridized carbons (Fsp3) is 0.200. The Morgan fingerprint density at radius 1 is 1.46 bits per heavy atom. The van der Waals surface area contributed by atoms with Crippen LogP contribution in [0.15, 0.2) is 30.3 Å². The van der Waals surface area contributed by atoms with Crippen molar-refractivity contribution < 1.29 is 9.18 Å². The predicted molar refractivity (Wildman–Crippen MR) is 45.5 cm³/mol. The third kappa shape index (κ3) is 1.73. The van der Waals surface area contributed by atoms with Gasteiger partial charge in [0, 0.05) is 0 Å². The molecule has 0 fully saturated rings. The van der Waals surface area contributed by atoms with Gasteiger partial charge in [0.2, 0.25) is 5.67 Å². The van der Waals surface area contributed by atoms with Crippen molar-refractivity contribution in [3.05, 3.63) is 35.9 Å². The number of hydrogen-bond donors (Lipinski definition) is 0. The zero-order valence-corrected chi connectivity index (χ0v) is 7.12. The van der Waals surface area contributed by atoms with E-state index in [1.54, 1.807) is 18.2 Å². The van der Waals surface area contributed by atoms with Crippen LogP contribution in [0.3, 0.4) is 0 Å². The standard InChI is InChI=1S/C10H8FNO/c1-10(11,9(13)7-12)8-5-3-2-4-6-8/h2-6H,1H3. The first-order valence-corrected chi connectivity index (χ1v) is 3.78. The first-order valence-electron chi connectivity index (χ1n) is 3.78. The molecule has 0 aromatic heterocycles. The van der Waals surface area contributed by atoms with E-state index in [4.69, 9.17) is 5.26 Å². The molecule has 0 radical (unpaired) electrons. The molecular weight excluding hydrogens is 169 g/mol. The van der Waals surface area contributed by atoms with E-state index in [2.05, 4.69) is 0 Å². The Kier molecular flexibility index (Phi) is 2.43. The Morgan fingerprint density at radius 2 is 2.00 bits per heavy atom. The lowest BCUT2D eigenvalue weighted by Gasteiger charge is -2.14. The van der Waals surface area contributed by atoms with E-state index < -0.39 is 11.5 Å². The Labute approximate surface area is 75.6 Å². The largest absolute Gasteiger partial charge is 0.279 e. The molecule has 0 bridgehead atoms. The number of nitriles is 1. The highest BCUT2D eigenvalue weighted by molar-refractivity contribution is 6.00. The number of Topliss-reactive ketones (excluding diaryl/α,β-unsaturated/α-hetero) is 1. The minimum absolute atomic E-state index is 0.210. The quantitative estimate of drug-likeness (QED) is 0.648. The van der Waals surface area contributed by atoms with E-state index in [1.165, 1.54) is 18.2 Å². The van der Waals surface area contributed by atoms with Crippen LogP contribution < -0.4 is 0 Å². The fourth-order valence-corrected chi connectivity index (χ4v) is 0.987. The normalized spacial score (nSPS) is 14.2. The maximum atomic E-state index is 13.6. The number of halogens is 1. The lowest BCUT2D eigenvalue weighted by Crippen LogP contribution is -2.25. The third-order valence-corrected chi connectivity index (χ3v) is 1.84. The molecule has 0 aliphatic heterocycles. The van der Waals surface area contributed by atoms with Gasteiger partial charge in [-0.1, -0.05) is 30.3 Å². The highest BCUT2D eigenvalue weighted by Gasteiger charge is 2.34. The van der Waals surface area contributed by atoms with E-state index in [1.807, 2.05) is 0 Å². The van der Waals surface area contributed by atoms with Crippen LogP contribution in [-0.2, 0) is 10.5 Å². The molecule has 66 valence electrons. The Morgan fingerprint density at radius 3 is 2.46 bits per heavy atom. The monoisotopic (exact) mass is 177 g/mol. The first-order chi connectivity index (χ1) is 6.09. The third-order valence-electron chi connectivity index (χ3n) is 1.84. The van der Waals surface area contributed by atoms with E-state index in [-0.39, 0.29) is 5.56 Å². The summed E-state index contributed by atoms with van der Waals surface area (Å²) in [4.78, 5) is 10.9. The van der Waals surface area contributed by atoms with Crippen molar-refractivity contribution in [2.45, 2.75) is 12.6 Å². The Hall–Kier alpha value is -1.69. The van der Waals surface area contributed by atoms with Gasteiger partial charge in [0.15, 0.2) is 0 Å². The summed E-state index contributed by atoms with van der Waals surface area (Å²) in [6.07, 6.45) is 0. The van der Waals surface area contributed by atoms with Crippen molar-refractivity contribution in [2.75, 3.05) is 0 Å². The highest BCUT2D eigenvalue weighted by Crippen LogP contribution is 2.25. The van der Waals surface area contributed by atoms with E-state index in [9.17, 15) is 9.18 Å². The van der Waals surface area contributed by atoms with Crippen molar-refractivity contribution in [1.29, 1.82) is 5.26 Å². The molecule has 2 nitrogen and oxygen atoms in total. The van der Waals surface area contributed by atoms with Gasteiger partial charge in [-0.25, -0.2) is 4.39 Å². The summed E-state index contributed by atoms with van der Waals surface area (Å²) in [5, 5.41) is 8.29. The molecule has 0 spiro atoms. The smallest absolute Gasteiger partial charge is 0.273 e. The van der Waals surface area contributed by atoms with Gasteiger partial charge >= 0.3 is 0 Å². The summed E-state index contributed by atoms with van der Waals surface area (Å²) in [7, 11) is 0. The molecule has 0 heterocycles. The predicted octanol–water partition coefficient (Wildman–Crippen LogP) is 1.96. The number of alkyl halides is 1. The molecule has 1 atom stereocenters. The number of nitrogens with zero attached hydrogens (tertiary/aromatic N) is 1. The average Bonchev–Trinajstić information content (AvgIpc) is 2.18. The van der Waals surface area contributed by atoms with Gasteiger partial charge in [0.25, 0.3) is 5.78 Å². The fourth-order valence-electron chi connectivity index (χ4n) is 0.987. The molecule has 1 aromatic rings. The van der Waals surface area contributed by atoms with E-state index in [0.29, 0.717) is 0 Å². The van der Waals surface area contributed by atoms with Crippen LogP contribution in [0.1, 0.15) is 12.5 Å². The zero-order chi connectivity index (χ0) is 9.90. The number of carbonyl (C=O) groups is 1. The van der Waals surface area contributed by atoms with Gasteiger partial charge in [-0.05, 0) is 12.5 Å². The van der Waals surface area contributed by atoms with Crippen molar-refractivity contribution in [3.63, 3.8) is 0 Å². The minimum atomic E-state index is -2.20. The molecule has 1 unspecified atom stereocenters. The number of hydrogen-bond acceptors (Lipinski definition) is 2. The van der Waals surface area contributed by atoms with Gasteiger partial charge in [0.05, 0.1) is 0 Å². The Balaban J connectivity index is 3.09. The van der Waals surface area contributed by atoms with Crippen LogP contribution >= 0.6 is 0 Å². The van der Waals surface area contributed by atoms with Crippen LogP contribution in [0.2, 0.25) is 0 Å². The molecule has 0 saturated carbocycles. The van der Waals surface area contributed by atoms with Crippen LogP contribution in [0, 0.1) is 11.3 Å². The molecule has 0 aliphatic carbocycles. The van der Waals surface area contributed by atoms with Crippen LogP contribution in [0.25, 0.3) is 0 Å². The van der Waals surface area contributed by atoms with Crippen molar-refractivity contribution in [1.82, 2.24) is 0 Å². The van der Waals surface area contributed by atoms with Gasteiger partial charge < -0.3 is 0 Å². The molecule has 0 N–H and O–H groups in total. The summed E-state index contributed by atoms with van der Waals surface area (Å²) in [5.41, 5.74) is -1.99. The van der Waals surface area contributed by atoms with Crippen LogP contribution in [0.5, 0.6) is 0 Å². The zero-order valence-electron chi connectivity index (χ0n) is 7.12.